The molecule has 1 saturated heterocycles. The zero-order chi connectivity index (χ0) is 10.8. The maximum atomic E-state index is 11.7. The molecule has 6 nitrogen and oxygen atoms in total. The minimum absolute atomic E-state index is 0.0641. The van der Waals surface area contributed by atoms with Crippen LogP contribution in [0.3, 0.4) is 0 Å². The highest BCUT2D eigenvalue weighted by atomic mass is 16.5. The summed E-state index contributed by atoms with van der Waals surface area (Å²) in [7, 11) is 0. The monoisotopic (exact) mass is 210 g/mol. The van der Waals surface area contributed by atoms with Gasteiger partial charge in [0.05, 0.1) is 12.1 Å². The molecule has 4 N–H and O–H groups in total. The van der Waals surface area contributed by atoms with E-state index in [0.717, 1.165) is 6.42 Å². The molecule has 2 unspecified atom stereocenters. The highest BCUT2D eigenvalue weighted by Crippen LogP contribution is 2.13. The molecule has 1 aliphatic heterocycles. The fourth-order valence-electron chi connectivity index (χ4n) is 1.62. The van der Waals surface area contributed by atoms with E-state index in [9.17, 15) is 4.79 Å². The average molecular weight is 210 g/mol. The first-order valence-electron chi connectivity index (χ1n) is 4.90. The van der Waals surface area contributed by atoms with Gasteiger partial charge in [-0.1, -0.05) is 0 Å². The van der Waals surface area contributed by atoms with Gasteiger partial charge in [-0.3, -0.25) is 9.89 Å². The van der Waals surface area contributed by atoms with E-state index in [-0.39, 0.29) is 18.1 Å². The number of nitrogens with one attached hydrogen (secondary N) is 2. The van der Waals surface area contributed by atoms with Crippen molar-refractivity contribution in [3.8, 4) is 0 Å². The number of anilines is 1. The van der Waals surface area contributed by atoms with Gasteiger partial charge in [-0.2, -0.15) is 5.10 Å². The molecule has 2 atom stereocenters. The number of nitrogen functional groups attached to an aromatic ring is 1. The van der Waals surface area contributed by atoms with Crippen LogP contribution >= 0.6 is 0 Å². The summed E-state index contributed by atoms with van der Waals surface area (Å²) in [4.78, 5) is 11.7. The number of H-pyrrole nitrogens is 1. The number of aromatic amines is 1. The van der Waals surface area contributed by atoms with E-state index >= 15 is 0 Å². The summed E-state index contributed by atoms with van der Waals surface area (Å²) in [6, 6.07) is 1.58. The smallest absolute Gasteiger partial charge is 0.269 e. The summed E-state index contributed by atoms with van der Waals surface area (Å²) < 4.78 is 5.34. The SMILES string of the molecule is CC1OCCC1NC(=O)c1cc(N)n[nH]1. The number of carbonyl (C=O) groups is 1. The lowest BCUT2D eigenvalue weighted by atomic mass is 10.1. The predicted octanol–water partition coefficient (Wildman–Crippen LogP) is -0.101. The summed E-state index contributed by atoms with van der Waals surface area (Å²) in [5.41, 5.74) is 5.79. The number of hydrogen-bond acceptors (Lipinski definition) is 4. The van der Waals surface area contributed by atoms with Crippen molar-refractivity contribution in [2.45, 2.75) is 25.5 Å². The molecule has 1 aromatic heterocycles. The van der Waals surface area contributed by atoms with Crippen molar-refractivity contribution in [1.82, 2.24) is 15.5 Å². The van der Waals surface area contributed by atoms with Crippen LogP contribution in [-0.2, 0) is 4.74 Å². The number of rotatable bonds is 2. The van der Waals surface area contributed by atoms with Crippen molar-refractivity contribution in [2.75, 3.05) is 12.3 Å². The Morgan fingerprint density at radius 1 is 1.80 bits per heavy atom. The molecule has 1 aliphatic rings. The molecule has 1 aromatic rings. The molecule has 0 bridgehead atoms. The van der Waals surface area contributed by atoms with Crippen LogP contribution < -0.4 is 11.1 Å². The Morgan fingerprint density at radius 3 is 3.13 bits per heavy atom. The first-order chi connectivity index (χ1) is 7.16. The third-order valence-corrected chi connectivity index (χ3v) is 2.54. The zero-order valence-electron chi connectivity index (χ0n) is 8.49. The van der Waals surface area contributed by atoms with Crippen LogP contribution in [0.2, 0.25) is 0 Å². The molecule has 0 aliphatic carbocycles. The number of aromatic nitrogens is 2. The number of nitrogens with zero attached hydrogens (tertiary/aromatic N) is 1. The Balaban J connectivity index is 1.97. The summed E-state index contributed by atoms with van der Waals surface area (Å²) in [5, 5.41) is 9.13. The Hall–Kier alpha value is -1.56. The Labute approximate surface area is 87.2 Å². The Bertz CT molecular complexity index is 363. The third-order valence-electron chi connectivity index (χ3n) is 2.54. The highest BCUT2D eigenvalue weighted by Gasteiger charge is 2.26. The number of amides is 1. The second-order valence-corrected chi connectivity index (χ2v) is 3.65. The Kier molecular flexibility index (Phi) is 2.59. The normalized spacial score (nSPS) is 25.4. The van der Waals surface area contributed by atoms with E-state index in [1.807, 2.05) is 6.92 Å². The van der Waals surface area contributed by atoms with Crippen molar-refractivity contribution >= 4 is 11.7 Å². The highest BCUT2D eigenvalue weighted by molar-refractivity contribution is 5.93. The largest absolute Gasteiger partial charge is 0.382 e. The van der Waals surface area contributed by atoms with Crippen LogP contribution in [-0.4, -0.2) is 34.9 Å². The van der Waals surface area contributed by atoms with Crippen LogP contribution in [0, 0.1) is 0 Å². The fourth-order valence-corrected chi connectivity index (χ4v) is 1.62. The summed E-state index contributed by atoms with van der Waals surface area (Å²) >= 11 is 0. The topological polar surface area (TPSA) is 93.0 Å². The van der Waals surface area contributed by atoms with Gasteiger partial charge in [0.2, 0.25) is 0 Å². The maximum Gasteiger partial charge on any atom is 0.269 e. The molecule has 2 heterocycles. The number of ether oxygens (including phenoxy) is 1. The molecule has 0 saturated carbocycles. The molecule has 1 fully saturated rings. The van der Waals surface area contributed by atoms with Gasteiger partial charge in [0.25, 0.3) is 5.91 Å². The second-order valence-electron chi connectivity index (χ2n) is 3.65. The van der Waals surface area contributed by atoms with Crippen LogP contribution in [0.25, 0.3) is 0 Å². The van der Waals surface area contributed by atoms with Gasteiger partial charge in [-0.25, -0.2) is 0 Å². The van der Waals surface area contributed by atoms with Crippen molar-refractivity contribution in [2.24, 2.45) is 0 Å². The lowest BCUT2D eigenvalue weighted by Gasteiger charge is -2.14. The quantitative estimate of drug-likeness (QED) is 0.635. The lowest BCUT2D eigenvalue weighted by molar-refractivity contribution is 0.0862. The molecule has 15 heavy (non-hydrogen) atoms. The lowest BCUT2D eigenvalue weighted by Crippen LogP contribution is -2.39. The first kappa shape index (κ1) is 9.97. The van der Waals surface area contributed by atoms with E-state index in [4.69, 9.17) is 10.5 Å². The van der Waals surface area contributed by atoms with Gasteiger partial charge in [-0.15, -0.1) is 0 Å². The summed E-state index contributed by atoms with van der Waals surface area (Å²) in [5.74, 6) is 0.123. The van der Waals surface area contributed by atoms with Crippen LogP contribution in [0.4, 0.5) is 5.82 Å². The van der Waals surface area contributed by atoms with Crippen LogP contribution in [0.15, 0.2) is 6.07 Å². The minimum Gasteiger partial charge on any atom is -0.382 e. The van der Waals surface area contributed by atoms with Gasteiger partial charge < -0.3 is 15.8 Å². The van der Waals surface area contributed by atoms with Crippen molar-refractivity contribution < 1.29 is 9.53 Å². The number of nitrogens with two attached hydrogens (primary N) is 1. The van der Waals surface area contributed by atoms with E-state index in [2.05, 4.69) is 15.5 Å². The minimum atomic E-state index is -0.193. The van der Waals surface area contributed by atoms with E-state index in [1.165, 1.54) is 6.07 Å². The molecule has 0 radical (unpaired) electrons. The Morgan fingerprint density at radius 2 is 2.60 bits per heavy atom. The van der Waals surface area contributed by atoms with Crippen molar-refractivity contribution in [1.29, 1.82) is 0 Å². The molecule has 6 heteroatoms. The molecule has 82 valence electrons. The van der Waals surface area contributed by atoms with Gasteiger partial charge in [-0.05, 0) is 13.3 Å². The molecule has 1 amide bonds. The fraction of sp³-hybridized carbons (Fsp3) is 0.556. The van der Waals surface area contributed by atoms with E-state index in [1.54, 1.807) is 0 Å². The molecular weight excluding hydrogens is 196 g/mol. The van der Waals surface area contributed by atoms with Crippen LogP contribution in [0.1, 0.15) is 23.8 Å². The first-order valence-corrected chi connectivity index (χ1v) is 4.90. The molecular formula is C9H14N4O2. The van der Waals surface area contributed by atoms with Crippen molar-refractivity contribution in [3.05, 3.63) is 11.8 Å². The summed E-state index contributed by atoms with van der Waals surface area (Å²) in [6.45, 7) is 2.64. The predicted molar refractivity (Wildman–Crippen MR) is 54.3 cm³/mol. The standard InChI is InChI=1S/C9H14N4O2/c1-5-6(2-3-15-5)11-9(14)7-4-8(10)13-12-7/h4-6H,2-3H2,1H3,(H,11,14)(H3,10,12,13). The molecule has 0 spiro atoms. The second kappa shape index (κ2) is 3.90. The molecule has 2 rings (SSSR count). The van der Waals surface area contributed by atoms with Crippen LogP contribution in [0.5, 0.6) is 0 Å². The van der Waals surface area contributed by atoms with E-state index in [0.29, 0.717) is 18.1 Å². The molecule has 0 aromatic carbocycles. The number of carbonyl (C=O) groups excluding carboxylic acids is 1. The zero-order valence-corrected chi connectivity index (χ0v) is 8.49. The summed E-state index contributed by atoms with van der Waals surface area (Å²) in [6.07, 6.45) is 0.908. The maximum absolute atomic E-state index is 11.7. The van der Waals surface area contributed by atoms with Gasteiger partial charge in [0.15, 0.2) is 0 Å². The average Bonchev–Trinajstić information content (AvgIpc) is 2.77. The number of hydrogen-bond donors (Lipinski definition) is 3. The van der Waals surface area contributed by atoms with Crippen molar-refractivity contribution in [3.63, 3.8) is 0 Å². The van der Waals surface area contributed by atoms with Gasteiger partial charge >= 0.3 is 0 Å². The van der Waals surface area contributed by atoms with Gasteiger partial charge in [0, 0.05) is 12.7 Å². The van der Waals surface area contributed by atoms with E-state index < -0.39 is 0 Å². The third kappa shape index (κ3) is 2.10. The van der Waals surface area contributed by atoms with Gasteiger partial charge in [0.1, 0.15) is 11.5 Å².